The van der Waals surface area contributed by atoms with Crippen molar-refractivity contribution in [3.63, 3.8) is 0 Å². The highest BCUT2D eigenvalue weighted by Crippen LogP contribution is 2.27. The first-order valence-electron chi connectivity index (χ1n) is 9.98. The predicted octanol–water partition coefficient (Wildman–Crippen LogP) is 5.91. The maximum Gasteiger partial charge on any atom is 0.226 e. The lowest BCUT2D eigenvalue weighted by Gasteiger charge is -2.19. The minimum atomic E-state index is -0.0580. The molecule has 0 radical (unpaired) electrons. The molecule has 0 fully saturated rings. The Morgan fingerprint density at radius 3 is 2.33 bits per heavy atom. The molecule has 3 aromatic rings. The summed E-state index contributed by atoms with van der Waals surface area (Å²) in [6.07, 6.45) is 1.03. The third-order valence-electron chi connectivity index (χ3n) is 4.67. The molecule has 6 heteroatoms. The normalized spacial score (nSPS) is 11.2. The van der Waals surface area contributed by atoms with Gasteiger partial charge in [0, 0.05) is 17.4 Å². The van der Waals surface area contributed by atoms with Gasteiger partial charge in [-0.25, -0.2) is 4.98 Å². The molecule has 5 nitrogen and oxygen atoms in total. The molecule has 0 aliphatic heterocycles. The Bertz CT molecular complexity index is 957. The van der Waals surface area contributed by atoms with E-state index >= 15 is 0 Å². The van der Waals surface area contributed by atoms with E-state index in [0.717, 1.165) is 22.8 Å². The SMILES string of the molecule is COc1ccc(-c2csc(NC(=O)CCCOc3ccc(C(C)(C)C)cc3)n2)cc1. The second-order valence-corrected chi connectivity index (χ2v) is 8.90. The number of aromatic nitrogens is 1. The van der Waals surface area contributed by atoms with Gasteiger partial charge in [0.15, 0.2) is 5.13 Å². The van der Waals surface area contributed by atoms with E-state index in [2.05, 4.69) is 43.2 Å². The molecule has 1 aromatic heterocycles. The summed E-state index contributed by atoms with van der Waals surface area (Å²) in [5.41, 5.74) is 3.21. The average molecular weight is 425 g/mol. The van der Waals surface area contributed by atoms with Crippen molar-refractivity contribution in [1.82, 2.24) is 4.98 Å². The van der Waals surface area contributed by atoms with Gasteiger partial charge in [-0.1, -0.05) is 32.9 Å². The summed E-state index contributed by atoms with van der Waals surface area (Å²) in [5, 5.41) is 5.40. The monoisotopic (exact) mass is 424 g/mol. The van der Waals surface area contributed by atoms with Gasteiger partial charge < -0.3 is 14.8 Å². The van der Waals surface area contributed by atoms with Crippen molar-refractivity contribution in [2.24, 2.45) is 0 Å². The summed E-state index contributed by atoms with van der Waals surface area (Å²) in [4.78, 5) is 16.7. The van der Waals surface area contributed by atoms with E-state index in [1.54, 1.807) is 7.11 Å². The Kier molecular flexibility index (Phi) is 7.11. The minimum absolute atomic E-state index is 0.0580. The number of methoxy groups -OCH3 is 1. The number of nitrogens with one attached hydrogen (secondary N) is 1. The maximum absolute atomic E-state index is 12.2. The van der Waals surface area contributed by atoms with Crippen molar-refractivity contribution in [3.05, 3.63) is 59.5 Å². The smallest absolute Gasteiger partial charge is 0.226 e. The number of hydrogen-bond donors (Lipinski definition) is 1. The van der Waals surface area contributed by atoms with Crippen LogP contribution in [0.25, 0.3) is 11.3 Å². The standard InChI is InChI=1S/C24H28N2O3S/c1-24(2,3)18-9-13-20(14-10-18)29-15-5-6-22(27)26-23-25-21(16-30-23)17-7-11-19(28-4)12-8-17/h7-14,16H,5-6,15H2,1-4H3,(H,25,26,27). The zero-order valence-electron chi connectivity index (χ0n) is 17.9. The molecule has 0 saturated carbocycles. The zero-order valence-corrected chi connectivity index (χ0v) is 18.7. The van der Waals surface area contributed by atoms with Crippen molar-refractivity contribution >= 4 is 22.4 Å². The number of anilines is 1. The van der Waals surface area contributed by atoms with Crippen molar-refractivity contribution in [2.45, 2.75) is 39.0 Å². The molecule has 0 unspecified atom stereocenters. The Morgan fingerprint density at radius 1 is 1.03 bits per heavy atom. The number of benzene rings is 2. The summed E-state index contributed by atoms with van der Waals surface area (Å²) >= 11 is 1.42. The Labute approximate surface area is 182 Å². The first-order chi connectivity index (χ1) is 14.3. The van der Waals surface area contributed by atoms with E-state index in [0.29, 0.717) is 24.6 Å². The minimum Gasteiger partial charge on any atom is -0.497 e. The van der Waals surface area contributed by atoms with Gasteiger partial charge in [-0.3, -0.25) is 4.79 Å². The lowest BCUT2D eigenvalue weighted by molar-refractivity contribution is -0.116. The second-order valence-electron chi connectivity index (χ2n) is 8.04. The molecule has 30 heavy (non-hydrogen) atoms. The second kappa shape index (κ2) is 9.76. The van der Waals surface area contributed by atoms with E-state index < -0.39 is 0 Å². The van der Waals surface area contributed by atoms with Crippen LogP contribution in [-0.4, -0.2) is 24.6 Å². The van der Waals surface area contributed by atoms with Gasteiger partial charge in [0.25, 0.3) is 0 Å². The van der Waals surface area contributed by atoms with E-state index in [-0.39, 0.29) is 11.3 Å². The van der Waals surface area contributed by atoms with E-state index in [9.17, 15) is 4.79 Å². The molecular weight excluding hydrogens is 396 g/mol. The van der Waals surface area contributed by atoms with Crippen LogP contribution in [0.3, 0.4) is 0 Å². The van der Waals surface area contributed by atoms with Crippen LogP contribution in [0, 0.1) is 0 Å². The fourth-order valence-corrected chi connectivity index (χ4v) is 3.62. The first-order valence-corrected chi connectivity index (χ1v) is 10.9. The Morgan fingerprint density at radius 2 is 1.70 bits per heavy atom. The lowest BCUT2D eigenvalue weighted by Crippen LogP contribution is -2.13. The van der Waals surface area contributed by atoms with Crippen LogP contribution in [-0.2, 0) is 10.2 Å². The molecule has 0 saturated heterocycles. The molecule has 1 heterocycles. The molecule has 1 amide bonds. The van der Waals surface area contributed by atoms with Gasteiger partial charge in [-0.05, 0) is 53.8 Å². The van der Waals surface area contributed by atoms with E-state index in [4.69, 9.17) is 9.47 Å². The highest BCUT2D eigenvalue weighted by molar-refractivity contribution is 7.14. The molecule has 158 valence electrons. The number of nitrogens with zero attached hydrogens (tertiary/aromatic N) is 1. The van der Waals surface area contributed by atoms with Crippen molar-refractivity contribution < 1.29 is 14.3 Å². The molecule has 0 aliphatic rings. The summed E-state index contributed by atoms with van der Waals surface area (Å²) in [6.45, 7) is 7.05. The molecule has 0 aliphatic carbocycles. The number of carbonyl (C=O) groups is 1. The van der Waals surface area contributed by atoms with Gasteiger partial charge in [0.05, 0.1) is 19.4 Å². The Hall–Kier alpha value is -2.86. The predicted molar refractivity (Wildman–Crippen MR) is 123 cm³/mol. The van der Waals surface area contributed by atoms with Gasteiger partial charge in [-0.15, -0.1) is 11.3 Å². The molecule has 0 atom stereocenters. The fraction of sp³-hybridized carbons (Fsp3) is 0.333. The fourth-order valence-electron chi connectivity index (χ4n) is 2.88. The summed E-state index contributed by atoms with van der Waals surface area (Å²) < 4.78 is 10.9. The van der Waals surface area contributed by atoms with Crippen molar-refractivity contribution in [2.75, 3.05) is 19.0 Å². The van der Waals surface area contributed by atoms with Crippen LogP contribution in [0.4, 0.5) is 5.13 Å². The first kappa shape index (κ1) is 21.8. The van der Waals surface area contributed by atoms with E-state index in [1.165, 1.54) is 16.9 Å². The molecule has 0 bridgehead atoms. The largest absolute Gasteiger partial charge is 0.497 e. The number of hydrogen-bond acceptors (Lipinski definition) is 5. The van der Waals surface area contributed by atoms with Gasteiger partial charge in [-0.2, -0.15) is 0 Å². The third-order valence-corrected chi connectivity index (χ3v) is 5.43. The van der Waals surface area contributed by atoms with Gasteiger partial charge in [0.1, 0.15) is 11.5 Å². The molecule has 2 aromatic carbocycles. The number of amides is 1. The van der Waals surface area contributed by atoms with Crippen LogP contribution in [0.5, 0.6) is 11.5 Å². The van der Waals surface area contributed by atoms with Crippen LogP contribution in [0.2, 0.25) is 0 Å². The van der Waals surface area contributed by atoms with Crippen LogP contribution in [0.15, 0.2) is 53.9 Å². The van der Waals surface area contributed by atoms with Crippen LogP contribution in [0.1, 0.15) is 39.2 Å². The van der Waals surface area contributed by atoms with Crippen LogP contribution >= 0.6 is 11.3 Å². The lowest BCUT2D eigenvalue weighted by atomic mass is 9.87. The van der Waals surface area contributed by atoms with E-state index in [1.807, 2.05) is 41.8 Å². The van der Waals surface area contributed by atoms with Gasteiger partial charge >= 0.3 is 0 Å². The molecule has 1 N–H and O–H groups in total. The highest BCUT2D eigenvalue weighted by Gasteiger charge is 2.13. The summed E-state index contributed by atoms with van der Waals surface area (Å²) in [7, 11) is 1.64. The third kappa shape index (κ3) is 6.07. The van der Waals surface area contributed by atoms with Crippen LogP contribution < -0.4 is 14.8 Å². The summed E-state index contributed by atoms with van der Waals surface area (Å²) in [6, 6.07) is 15.8. The quantitative estimate of drug-likeness (QED) is 0.456. The molecular formula is C24H28N2O3S. The van der Waals surface area contributed by atoms with Gasteiger partial charge in [0.2, 0.25) is 5.91 Å². The number of ether oxygens (including phenoxy) is 2. The number of carbonyl (C=O) groups excluding carboxylic acids is 1. The average Bonchev–Trinajstić information content (AvgIpc) is 3.19. The number of rotatable bonds is 8. The topological polar surface area (TPSA) is 60.5 Å². The molecule has 3 rings (SSSR count). The Balaban J connectivity index is 1.42. The van der Waals surface area contributed by atoms with Crippen molar-refractivity contribution in [3.8, 4) is 22.8 Å². The maximum atomic E-state index is 12.2. The van der Waals surface area contributed by atoms with Crippen molar-refractivity contribution in [1.29, 1.82) is 0 Å². The number of thiazole rings is 1. The molecule has 0 spiro atoms. The summed E-state index contributed by atoms with van der Waals surface area (Å²) in [5.74, 6) is 1.57. The highest BCUT2D eigenvalue weighted by atomic mass is 32.1. The zero-order chi connectivity index (χ0) is 21.6.